The summed E-state index contributed by atoms with van der Waals surface area (Å²) in [5.41, 5.74) is 5.48. The third kappa shape index (κ3) is 2.49. The molecule has 7 nitrogen and oxygen atoms in total. The average molecular weight is 290 g/mol. The van der Waals surface area contributed by atoms with Gasteiger partial charge in [0.25, 0.3) is 17.7 Å². The second-order valence-electron chi connectivity index (χ2n) is 4.68. The van der Waals surface area contributed by atoms with Crippen molar-refractivity contribution < 1.29 is 23.9 Å². The molecule has 0 spiro atoms. The monoisotopic (exact) mass is 290 g/mol. The molecule has 1 aromatic carbocycles. The topological polar surface area (TPSA) is 107 Å². The molecule has 7 heteroatoms. The first-order valence-corrected chi connectivity index (χ1v) is 6.31. The first kappa shape index (κ1) is 14.7. The van der Waals surface area contributed by atoms with Gasteiger partial charge in [0, 0.05) is 0 Å². The summed E-state index contributed by atoms with van der Waals surface area (Å²) in [4.78, 5) is 48.0. The lowest BCUT2D eigenvalue weighted by molar-refractivity contribution is -0.157. The van der Waals surface area contributed by atoms with Crippen LogP contribution in [0.25, 0.3) is 0 Å². The Morgan fingerprint density at radius 2 is 1.57 bits per heavy atom. The number of carbonyl (C=O) groups excluding carboxylic acids is 4. The molecule has 0 saturated carbocycles. The normalized spacial score (nSPS) is 16.4. The van der Waals surface area contributed by atoms with E-state index in [-0.39, 0.29) is 11.1 Å². The molecule has 1 heterocycles. The van der Waals surface area contributed by atoms with E-state index in [2.05, 4.69) is 0 Å². The lowest BCUT2D eigenvalue weighted by atomic mass is 10.1. The number of nitrogens with zero attached hydrogens (tertiary/aromatic N) is 1. The zero-order valence-electron chi connectivity index (χ0n) is 11.5. The number of ether oxygens (including phenoxy) is 1. The Kier molecular flexibility index (Phi) is 3.75. The van der Waals surface area contributed by atoms with Gasteiger partial charge in [0.2, 0.25) is 0 Å². The first-order chi connectivity index (χ1) is 9.84. The number of carbonyl (C=O) groups is 4. The van der Waals surface area contributed by atoms with Crippen LogP contribution >= 0.6 is 0 Å². The van der Waals surface area contributed by atoms with E-state index in [0.717, 1.165) is 4.90 Å². The molecular weight excluding hydrogens is 276 g/mol. The smallest absolute Gasteiger partial charge is 0.329 e. The number of hydrogen-bond donors (Lipinski definition) is 1. The van der Waals surface area contributed by atoms with Crippen LogP contribution in [0.15, 0.2) is 24.3 Å². The standard InChI is InChI=1S/C14H14N2O5/c1-7(14(20)21-8(2)11(15)17)16-12(18)9-5-3-4-6-10(9)13(16)19/h3-8H,1-2H3,(H2,15,17)/t7-,8-/m0/s1. The van der Waals surface area contributed by atoms with Gasteiger partial charge in [-0.25, -0.2) is 4.79 Å². The van der Waals surface area contributed by atoms with Crippen molar-refractivity contribution in [1.82, 2.24) is 4.90 Å². The van der Waals surface area contributed by atoms with Gasteiger partial charge in [-0.3, -0.25) is 19.3 Å². The van der Waals surface area contributed by atoms with Gasteiger partial charge in [-0.2, -0.15) is 0 Å². The van der Waals surface area contributed by atoms with Crippen molar-refractivity contribution in [2.75, 3.05) is 0 Å². The Balaban J connectivity index is 2.20. The number of nitrogens with two attached hydrogens (primary N) is 1. The maximum Gasteiger partial charge on any atom is 0.329 e. The number of esters is 1. The first-order valence-electron chi connectivity index (χ1n) is 6.31. The zero-order valence-corrected chi connectivity index (χ0v) is 11.5. The van der Waals surface area contributed by atoms with Gasteiger partial charge in [-0.1, -0.05) is 12.1 Å². The average Bonchev–Trinajstić information content (AvgIpc) is 2.70. The number of fused-ring (bicyclic) bond motifs is 1. The van der Waals surface area contributed by atoms with Gasteiger partial charge < -0.3 is 10.5 Å². The van der Waals surface area contributed by atoms with Gasteiger partial charge in [0.1, 0.15) is 6.04 Å². The van der Waals surface area contributed by atoms with Crippen LogP contribution in [0.2, 0.25) is 0 Å². The minimum atomic E-state index is -1.14. The Morgan fingerprint density at radius 3 is 2.00 bits per heavy atom. The van der Waals surface area contributed by atoms with Crippen LogP contribution < -0.4 is 5.73 Å². The molecule has 0 radical (unpaired) electrons. The van der Waals surface area contributed by atoms with Crippen LogP contribution in [0.5, 0.6) is 0 Å². The highest BCUT2D eigenvalue weighted by atomic mass is 16.5. The molecule has 2 N–H and O–H groups in total. The van der Waals surface area contributed by atoms with Gasteiger partial charge in [0.15, 0.2) is 6.10 Å². The van der Waals surface area contributed by atoms with Crippen LogP contribution in [0.1, 0.15) is 34.6 Å². The number of imide groups is 1. The van der Waals surface area contributed by atoms with Crippen molar-refractivity contribution >= 4 is 23.7 Å². The molecule has 3 amide bonds. The number of amides is 3. The van der Waals surface area contributed by atoms with Crippen LogP contribution in [-0.4, -0.2) is 40.7 Å². The van der Waals surface area contributed by atoms with Crippen LogP contribution in [0.3, 0.4) is 0 Å². The van der Waals surface area contributed by atoms with Crippen molar-refractivity contribution in [3.8, 4) is 0 Å². The van der Waals surface area contributed by atoms with Crippen molar-refractivity contribution in [3.63, 3.8) is 0 Å². The van der Waals surface area contributed by atoms with Crippen molar-refractivity contribution in [1.29, 1.82) is 0 Å². The van der Waals surface area contributed by atoms with E-state index < -0.39 is 35.8 Å². The SMILES string of the molecule is C[C@H](OC(=O)[C@H](C)N1C(=O)c2ccccc2C1=O)C(N)=O. The summed E-state index contributed by atoms with van der Waals surface area (Å²) in [6.45, 7) is 2.67. The summed E-state index contributed by atoms with van der Waals surface area (Å²) in [5, 5.41) is 0. The quantitative estimate of drug-likeness (QED) is 0.624. The van der Waals surface area contributed by atoms with E-state index in [9.17, 15) is 19.2 Å². The van der Waals surface area contributed by atoms with E-state index in [1.165, 1.54) is 26.0 Å². The maximum absolute atomic E-state index is 12.2. The third-order valence-electron chi connectivity index (χ3n) is 3.25. The van der Waals surface area contributed by atoms with Crippen molar-refractivity contribution in [3.05, 3.63) is 35.4 Å². The molecular formula is C14H14N2O5. The fourth-order valence-corrected chi connectivity index (χ4v) is 2.00. The van der Waals surface area contributed by atoms with E-state index in [4.69, 9.17) is 10.5 Å². The highest BCUT2D eigenvalue weighted by Gasteiger charge is 2.41. The molecule has 0 saturated heterocycles. The summed E-state index contributed by atoms with van der Waals surface area (Å²) >= 11 is 0. The second-order valence-corrected chi connectivity index (χ2v) is 4.68. The minimum Gasteiger partial charge on any atom is -0.451 e. The molecule has 1 aliphatic heterocycles. The molecule has 0 aromatic heterocycles. The predicted octanol–water partition coefficient (Wildman–Crippen LogP) is 0.0881. The van der Waals surface area contributed by atoms with Gasteiger partial charge in [-0.15, -0.1) is 0 Å². The lowest BCUT2D eigenvalue weighted by Crippen LogP contribution is -2.45. The largest absolute Gasteiger partial charge is 0.451 e. The van der Waals surface area contributed by atoms with Crippen molar-refractivity contribution in [2.45, 2.75) is 26.0 Å². The Bertz CT molecular complexity index is 605. The van der Waals surface area contributed by atoms with E-state index in [1.54, 1.807) is 12.1 Å². The second kappa shape index (κ2) is 5.35. The molecule has 0 bridgehead atoms. The Labute approximate surface area is 120 Å². The van der Waals surface area contributed by atoms with Crippen molar-refractivity contribution in [2.24, 2.45) is 5.73 Å². The lowest BCUT2D eigenvalue weighted by Gasteiger charge is -2.22. The molecule has 1 aliphatic rings. The molecule has 110 valence electrons. The van der Waals surface area contributed by atoms with Gasteiger partial charge >= 0.3 is 5.97 Å². The predicted molar refractivity (Wildman–Crippen MR) is 71.2 cm³/mol. The molecule has 0 aliphatic carbocycles. The summed E-state index contributed by atoms with van der Waals surface area (Å²) < 4.78 is 4.82. The molecule has 0 unspecified atom stereocenters. The fraction of sp³-hybridized carbons (Fsp3) is 0.286. The highest BCUT2D eigenvalue weighted by molar-refractivity contribution is 6.22. The maximum atomic E-state index is 12.2. The molecule has 0 fully saturated rings. The summed E-state index contributed by atoms with van der Waals surface area (Å²) in [7, 11) is 0. The zero-order chi connectivity index (χ0) is 15.7. The van der Waals surface area contributed by atoms with E-state index in [0.29, 0.717) is 0 Å². The Hall–Kier alpha value is -2.70. The molecule has 2 atom stereocenters. The molecule has 1 aromatic rings. The highest BCUT2D eigenvalue weighted by Crippen LogP contribution is 2.24. The van der Waals surface area contributed by atoms with E-state index >= 15 is 0 Å². The minimum absolute atomic E-state index is 0.241. The van der Waals surface area contributed by atoms with Crippen LogP contribution in [0.4, 0.5) is 0 Å². The Morgan fingerprint density at radius 1 is 1.10 bits per heavy atom. The summed E-state index contributed by atoms with van der Waals surface area (Å²) in [6, 6.07) is 5.15. The van der Waals surface area contributed by atoms with Crippen LogP contribution in [-0.2, 0) is 14.3 Å². The number of hydrogen-bond acceptors (Lipinski definition) is 5. The third-order valence-corrected chi connectivity index (χ3v) is 3.25. The number of rotatable bonds is 4. The summed E-state index contributed by atoms with van der Waals surface area (Å²) in [6.07, 6.45) is -1.13. The fourth-order valence-electron chi connectivity index (χ4n) is 2.00. The number of primary amides is 1. The van der Waals surface area contributed by atoms with Gasteiger partial charge in [-0.05, 0) is 26.0 Å². The molecule has 2 rings (SSSR count). The number of benzene rings is 1. The summed E-state index contributed by atoms with van der Waals surface area (Å²) in [5.74, 6) is -2.80. The van der Waals surface area contributed by atoms with Crippen LogP contribution in [0, 0.1) is 0 Å². The van der Waals surface area contributed by atoms with E-state index in [1.807, 2.05) is 0 Å². The molecule has 21 heavy (non-hydrogen) atoms. The van der Waals surface area contributed by atoms with Gasteiger partial charge in [0.05, 0.1) is 11.1 Å².